The standard InChI is InChI=1S/C15H15FN2O4S/c1-11-2-4-12(5-3-11)15(16)10-17-23(21,22)14-8-6-13(7-9-14)18(19)20/h2-9,15,17H,10H2,1H3. The first-order chi connectivity index (χ1) is 10.8. The normalized spacial score (nSPS) is 12.8. The monoisotopic (exact) mass is 338 g/mol. The van der Waals surface area contributed by atoms with Crippen molar-refractivity contribution < 1.29 is 17.7 Å². The summed E-state index contributed by atoms with van der Waals surface area (Å²) in [6, 6.07) is 11.1. The quantitative estimate of drug-likeness (QED) is 0.648. The van der Waals surface area contributed by atoms with Crippen LogP contribution in [0.3, 0.4) is 0 Å². The van der Waals surface area contributed by atoms with E-state index in [1.54, 1.807) is 24.3 Å². The molecule has 0 aliphatic heterocycles. The highest BCUT2D eigenvalue weighted by Gasteiger charge is 2.18. The molecule has 0 aliphatic carbocycles. The first-order valence-corrected chi connectivity index (χ1v) is 8.22. The lowest BCUT2D eigenvalue weighted by Gasteiger charge is -2.11. The number of nitro benzene ring substituents is 1. The number of nitrogens with one attached hydrogen (secondary N) is 1. The van der Waals surface area contributed by atoms with E-state index in [1.165, 1.54) is 0 Å². The second kappa shape index (κ2) is 6.84. The Balaban J connectivity index is 2.06. The van der Waals surface area contributed by atoms with Gasteiger partial charge in [-0.3, -0.25) is 10.1 Å². The molecule has 122 valence electrons. The molecule has 2 aromatic carbocycles. The van der Waals surface area contributed by atoms with Crippen molar-refractivity contribution in [3.8, 4) is 0 Å². The highest BCUT2D eigenvalue weighted by atomic mass is 32.2. The molecule has 0 saturated heterocycles. The Labute approximate surface area is 133 Å². The van der Waals surface area contributed by atoms with Gasteiger partial charge in [0.1, 0.15) is 6.17 Å². The van der Waals surface area contributed by atoms with Crippen LogP contribution in [0.5, 0.6) is 0 Å². The van der Waals surface area contributed by atoms with E-state index >= 15 is 0 Å². The van der Waals surface area contributed by atoms with Gasteiger partial charge < -0.3 is 0 Å². The van der Waals surface area contributed by atoms with E-state index in [9.17, 15) is 22.9 Å². The molecule has 0 aliphatic rings. The lowest BCUT2D eigenvalue weighted by Crippen LogP contribution is -2.27. The highest BCUT2D eigenvalue weighted by Crippen LogP contribution is 2.19. The van der Waals surface area contributed by atoms with Gasteiger partial charge in [0.05, 0.1) is 9.82 Å². The van der Waals surface area contributed by atoms with Crippen molar-refractivity contribution in [2.24, 2.45) is 0 Å². The fourth-order valence-corrected chi connectivity index (χ4v) is 2.93. The van der Waals surface area contributed by atoms with Crippen LogP contribution in [-0.4, -0.2) is 19.9 Å². The summed E-state index contributed by atoms with van der Waals surface area (Å²) in [5.74, 6) is 0. The van der Waals surface area contributed by atoms with Crippen molar-refractivity contribution >= 4 is 15.7 Å². The summed E-state index contributed by atoms with van der Waals surface area (Å²) in [7, 11) is -3.93. The number of benzene rings is 2. The fraction of sp³-hybridized carbons (Fsp3) is 0.200. The molecule has 0 spiro atoms. The largest absolute Gasteiger partial charge is 0.269 e. The van der Waals surface area contributed by atoms with Crippen LogP contribution >= 0.6 is 0 Å². The highest BCUT2D eigenvalue weighted by molar-refractivity contribution is 7.89. The van der Waals surface area contributed by atoms with Crippen LogP contribution in [0.2, 0.25) is 0 Å². The Kier molecular flexibility index (Phi) is 5.07. The van der Waals surface area contributed by atoms with Crippen molar-refractivity contribution in [2.45, 2.75) is 18.0 Å². The molecule has 8 heteroatoms. The van der Waals surface area contributed by atoms with Crippen LogP contribution < -0.4 is 4.72 Å². The number of hydrogen-bond acceptors (Lipinski definition) is 4. The lowest BCUT2D eigenvalue weighted by atomic mass is 10.1. The predicted octanol–water partition coefficient (Wildman–Crippen LogP) is 2.89. The van der Waals surface area contributed by atoms with E-state index in [0.717, 1.165) is 29.8 Å². The van der Waals surface area contributed by atoms with Crippen LogP contribution in [0.1, 0.15) is 17.3 Å². The average molecular weight is 338 g/mol. The SMILES string of the molecule is Cc1ccc(C(F)CNS(=O)(=O)c2ccc([N+](=O)[O-])cc2)cc1. The molecule has 2 rings (SSSR count). The number of aryl methyl sites for hydroxylation is 1. The molecular weight excluding hydrogens is 323 g/mol. The summed E-state index contributed by atoms with van der Waals surface area (Å²) < 4.78 is 40.3. The fourth-order valence-electron chi connectivity index (χ4n) is 1.91. The van der Waals surface area contributed by atoms with Crippen LogP contribution in [0.15, 0.2) is 53.4 Å². The molecule has 0 saturated carbocycles. The van der Waals surface area contributed by atoms with E-state index in [1.807, 2.05) is 6.92 Å². The molecule has 1 atom stereocenters. The maximum absolute atomic E-state index is 14.1. The van der Waals surface area contributed by atoms with Gasteiger partial charge in [0, 0.05) is 18.7 Å². The van der Waals surface area contributed by atoms with Crippen molar-refractivity contribution in [2.75, 3.05) is 6.54 Å². The first-order valence-electron chi connectivity index (χ1n) is 6.74. The topological polar surface area (TPSA) is 89.3 Å². The molecule has 0 aromatic heterocycles. The molecule has 2 aromatic rings. The molecule has 0 heterocycles. The summed E-state index contributed by atoms with van der Waals surface area (Å²) in [4.78, 5) is 9.77. The Hall–Kier alpha value is -2.32. The number of hydrogen-bond donors (Lipinski definition) is 1. The van der Waals surface area contributed by atoms with Crippen LogP contribution in [0.25, 0.3) is 0 Å². The summed E-state index contributed by atoms with van der Waals surface area (Å²) in [6.07, 6.45) is -1.48. The third-order valence-corrected chi connectivity index (χ3v) is 4.69. The van der Waals surface area contributed by atoms with E-state index in [2.05, 4.69) is 4.72 Å². The van der Waals surface area contributed by atoms with Gasteiger partial charge in [-0.15, -0.1) is 0 Å². The van der Waals surface area contributed by atoms with Crippen molar-refractivity contribution in [3.63, 3.8) is 0 Å². The average Bonchev–Trinajstić information content (AvgIpc) is 2.53. The minimum absolute atomic E-state index is 0.154. The molecule has 1 unspecified atom stereocenters. The van der Waals surface area contributed by atoms with E-state index in [4.69, 9.17) is 0 Å². The molecule has 23 heavy (non-hydrogen) atoms. The smallest absolute Gasteiger partial charge is 0.258 e. The number of rotatable bonds is 6. The van der Waals surface area contributed by atoms with E-state index in [-0.39, 0.29) is 10.6 Å². The summed E-state index contributed by atoms with van der Waals surface area (Å²) in [6.45, 7) is 1.46. The number of sulfonamides is 1. The maximum atomic E-state index is 14.1. The second-order valence-electron chi connectivity index (χ2n) is 4.98. The van der Waals surface area contributed by atoms with Gasteiger partial charge in [-0.05, 0) is 24.6 Å². The van der Waals surface area contributed by atoms with Gasteiger partial charge in [-0.25, -0.2) is 17.5 Å². The molecule has 0 fully saturated rings. The van der Waals surface area contributed by atoms with Gasteiger partial charge in [-0.1, -0.05) is 29.8 Å². The first kappa shape index (κ1) is 17.0. The lowest BCUT2D eigenvalue weighted by molar-refractivity contribution is -0.384. The Morgan fingerprint density at radius 2 is 1.70 bits per heavy atom. The predicted molar refractivity (Wildman–Crippen MR) is 83.3 cm³/mol. The van der Waals surface area contributed by atoms with Crippen molar-refractivity contribution in [1.82, 2.24) is 4.72 Å². The Morgan fingerprint density at radius 3 is 2.22 bits per heavy atom. The summed E-state index contributed by atoms with van der Waals surface area (Å²) in [5.41, 5.74) is 1.14. The van der Waals surface area contributed by atoms with Crippen LogP contribution in [0, 0.1) is 17.0 Å². The number of nitro groups is 1. The molecular formula is C15H15FN2O4S. The van der Waals surface area contributed by atoms with Gasteiger partial charge in [0.15, 0.2) is 0 Å². The Morgan fingerprint density at radius 1 is 1.13 bits per heavy atom. The maximum Gasteiger partial charge on any atom is 0.269 e. The second-order valence-corrected chi connectivity index (χ2v) is 6.75. The number of halogens is 1. The minimum Gasteiger partial charge on any atom is -0.258 e. The summed E-state index contributed by atoms with van der Waals surface area (Å²) in [5, 5.41) is 10.5. The molecule has 0 bridgehead atoms. The van der Waals surface area contributed by atoms with Crippen LogP contribution in [-0.2, 0) is 10.0 Å². The zero-order chi connectivity index (χ0) is 17.0. The van der Waals surface area contributed by atoms with Crippen molar-refractivity contribution in [3.05, 3.63) is 69.8 Å². The van der Waals surface area contributed by atoms with Crippen LogP contribution in [0.4, 0.5) is 10.1 Å². The summed E-state index contributed by atoms with van der Waals surface area (Å²) >= 11 is 0. The molecule has 6 nitrogen and oxygen atoms in total. The number of nitrogens with zero attached hydrogens (tertiary/aromatic N) is 1. The van der Waals surface area contributed by atoms with E-state index in [0.29, 0.717) is 5.56 Å². The Bertz CT molecular complexity index is 789. The van der Waals surface area contributed by atoms with Gasteiger partial charge >= 0.3 is 0 Å². The van der Waals surface area contributed by atoms with Gasteiger partial charge in [0.2, 0.25) is 10.0 Å². The molecule has 1 N–H and O–H groups in total. The van der Waals surface area contributed by atoms with Gasteiger partial charge in [-0.2, -0.15) is 0 Å². The number of alkyl halides is 1. The number of non-ortho nitro benzene ring substituents is 1. The zero-order valence-corrected chi connectivity index (χ0v) is 13.1. The van der Waals surface area contributed by atoms with Gasteiger partial charge in [0.25, 0.3) is 5.69 Å². The molecule has 0 radical (unpaired) electrons. The van der Waals surface area contributed by atoms with Crippen molar-refractivity contribution in [1.29, 1.82) is 0 Å². The van der Waals surface area contributed by atoms with E-state index < -0.39 is 27.7 Å². The third-order valence-electron chi connectivity index (χ3n) is 3.25. The zero-order valence-electron chi connectivity index (χ0n) is 12.3. The minimum atomic E-state index is -3.93. The molecule has 0 amide bonds. The third kappa shape index (κ3) is 4.33.